The number of aliphatic hydroxyl groups is 4. The van der Waals surface area contributed by atoms with Gasteiger partial charge in [0.15, 0.2) is 0 Å². The summed E-state index contributed by atoms with van der Waals surface area (Å²) in [6.45, 7) is -0.697. The number of rotatable bonds is 9. The third-order valence-corrected chi connectivity index (χ3v) is 3.46. The van der Waals surface area contributed by atoms with E-state index in [1.54, 1.807) is 24.3 Å². The number of hydrogen-bond acceptors (Lipinski definition) is 8. The van der Waals surface area contributed by atoms with Crippen molar-refractivity contribution < 1.29 is 20.4 Å². The van der Waals surface area contributed by atoms with Crippen molar-refractivity contribution in [1.29, 1.82) is 0 Å². The zero-order valence-corrected chi connectivity index (χ0v) is 14.0. The van der Waals surface area contributed by atoms with Crippen molar-refractivity contribution >= 4 is 23.3 Å². The van der Waals surface area contributed by atoms with Crippen LogP contribution in [-0.4, -0.2) is 57.3 Å². The number of hydrazone groups is 2. The molecule has 0 heterocycles. The average Bonchev–Trinajstić information content (AvgIpc) is 2.70. The Balaban J connectivity index is 2.14. The third-order valence-electron chi connectivity index (χ3n) is 3.46. The van der Waals surface area contributed by atoms with E-state index in [0.29, 0.717) is 5.69 Å². The molecule has 0 spiro atoms. The molecule has 2 rings (SSSR count). The van der Waals surface area contributed by atoms with Gasteiger partial charge in [0.05, 0.1) is 24.2 Å². The van der Waals surface area contributed by atoms with Gasteiger partial charge in [-0.15, -0.1) is 0 Å². The maximum atomic E-state index is 10.2. The number of nitrogens with zero attached hydrogens (tertiary/aromatic N) is 2. The predicted octanol–water partition coefficient (Wildman–Crippen LogP) is 0.627. The van der Waals surface area contributed by atoms with Crippen molar-refractivity contribution in [2.75, 3.05) is 17.5 Å². The molecule has 0 saturated carbocycles. The maximum Gasteiger partial charge on any atom is 0.128 e. The molecule has 26 heavy (non-hydrogen) atoms. The van der Waals surface area contributed by atoms with Gasteiger partial charge >= 0.3 is 0 Å². The molecule has 0 unspecified atom stereocenters. The van der Waals surface area contributed by atoms with Gasteiger partial charge in [0.25, 0.3) is 0 Å². The number of nitrogens with one attached hydrogen (secondary N) is 2. The number of para-hydroxylation sites is 2. The van der Waals surface area contributed by atoms with Crippen LogP contribution in [0.2, 0.25) is 0 Å². The maximum absolute atomic E-state index is 10.2. The van der Waals surface area contributed by atoms with Gasteiger partial charge in [-0.1, -0.05) is 36.4 Å². The lowest BCUT2D eigenvalue weighted by Gasteiger charge is -2.21. The predicted molar refractivity (Wildman–Crippen MR) is 101 cm³/mol. The van der Waals surface area contributed by atoms with E-state index in [-0.39, 0.29) is 5.71 Å². The lowest BCUT2D eigenvalue weighted by atomic mass is 10.0. The van der Waals surface area contributed by atoms with Crippen molar-refractivity contribution in [1.82, 2.24) is 0 Å². The minimum absolute atomic E-state index is 0.0303. The summed E-state index contributed by atoms with van der Waals surface area (Å²) in [7, 11) is 0. The molecule has 6 N–H and O–H groups in total. The molecule has 0 bridgehead atoms. The van der Waals surface area contributed by atoms with E-state index in [9.17, 15) is 15.3 Å². The summed E-state index contributed by atoms with van der Waals surface area (Å²) in [5.74, 6) is 0. The van der Waals surface area contributed by atoms with Crippen LogP contribution < -0.4 is 10.9 Å². The molecule has 0 radical (unpaired) electrons. The number of benzene rings is 2. The molecule has 0 aliphatic heterocycles. The monoisotopic (exact) mass is 358 g/mol. The summed E-state index contributed by atoms with van der Waals surface area (Å²) in [4.78, 5) is 0. The molecule has 2 aromatic carbocycles. The highest BCUT2D eigenvalue weighted by molar-refractivity contribution is 6.33. The molecular formula is C18H22N4O4. The van der Waals surface area contributed by atoms with Crippen LogP contribution in [0.25, 0.3) is 0 Å². The van der Waals surface area contributed by atoms with Gasteiger partial charge in [0.1, 0.15) is 24.0 Å². The van der Waals surface area contributed by atoms with E-state index in [0.717, 1.165) is 5.69 Å². The molecule has 0 fully saturated rings. The number of hydrogen-bond donors (Lipinski definition) is 6. The molecule has 3 atom stereocenters. The van der Waals surface area contributed by atoms with Crippen LogP contribution in [-0.2, 0) is 0 Å². The van der Waals surface area contributed by atoms with Gasteiger partial charge < -0.3 is 20.4 Å². The minimum Gasteiger partial charge on any atom is -0.394 e. The Labute approximate surface area is 151 Å². The molecule has 0 aliphatic carbocycles. The van der Waals surface area contributed by atoms with Gasteiger partial charge in [-0.2, -0.15) is 10.2 Å². The summed E-state index contributed by atoms with van der Waals surface area (Å²) in [5.41, 5.74) is 6.87. The Morgan fingerprint density at radius 2 is 1.42 bits per heavy atom. The van der Waals surface area contributed by atoms with Crippen molar-refractivity contribution in [2.24, 2.45) is 10.2 Å². The lowest BCUT2D eigenvalue weighted by Crippen LogP contribution is -2.44. The molecule has 0 saturated heterocycles. The van der Waals surface area contributed by atoms with Crippen molar-refractivity contribution in [3.63, 3.8) is 0 Å². The Bertz CT molecular complexity index is 710. The Morgan fingerprint density at radius 1 is 0.885 bits per heavy atom. The first-order valence-corrected chi connectivity index (χ1v) is 7.99. The summed E-state index contributed by atoms with van der Waals surface area (Å²) in [5, 5.41) is 46.7. The quantitative estimate of drug-likeness (QED) is 0.288. The molecule has 0 aliphatic rings. The second-order valence-corrected chi connectivity index (χ2v) is 5.44. The minimum atomic E-state index is -1.63. The first-order chi connectivity index (χ1) is 12.6. The normalized spacial score (nSPS) is 15.5. The molecule has 0 aromatic heterocycles. The van der Waals surface area contributed by atoms with E-state index in [2.05, 4.69) is 21.1 Å². The smallest absolute Gasteiger partial charge is 0.128 e. The second-order valence-electron chi connectivity index (χ2n) is 5.44. The summed E-state index contributed by atoms with van der Waals surface area (Å²) < 4.78 is 0. The first-order valence-electron chi connectivity index (χ1n) is 7.99. The highest BCUT2D eigenvalue weighted by Gasteiger charge is 2.27. The number of aliphatic hydroxyl groups excluding tert-OH is 4. The standard InChI is InChI=1S/C18H22N4O4/c23-12-16(24)18(26)17(25)15(22-21-14-9-5-2-6-10-14)11-19-20-13-7-3-1-4-8-13/h1-11,16-18,20-21,23-26H,12H2/b19-11-,22-15-/t16-,17-,18-/m1/s1. The molecule has 8 heteroatoms. The van der Waals surface area contributed by atoms with Crippen molar-refractivity contribution in [3.05, 3.63) is 60.7 Å². The van der Waals surface area contributed by atoms with E-state index < -0.39 is 24.9 Å². The van der Waals surface area contributed by atoms with Crippen molar-refractivity contribution in [3.8, 4) is 0 Å². The van der Waals surface area contributed by atoms with Gasteiger partial charge in [-0.25, -0.2) is 0 Å². The SMILES string of the molecule is OC[C@@H](O)[C@@H](O)[C@H](O)C(/C=N\Nc1ccccc1)=N\Nc1ccccc1. The van der Waals surface area contributed by atoms with E-state index in [4.69, 9.17) is 5.11 Å². The molecule has 2 aromatic rings. The summed E-state index contributed by atoms with van der Waals surface area (Å²) in [6, 6.07) is 18.1. The van der Waals surface area contributed by atoms with E-state index in [1.807, 2.05) is 36.4 Å². The number of anilines is 2. The molecule has 8 nitrogen and oxygen atoms in total. The zero-order valence-electron chi connectivity index (χ0n) is 14.0. The van der Waals surface area contributed by atoms with Crippen molar-refractivity contribution in [2.45, 2.75) is 18.3 Å². The Hall–Kier alpha value is -2.78. The molecular weight excluding hydrogens is 336 g/mol. The fourth-order valence-electron chi connectivity index (χ4n) is 1.99. The summed E-state index contributed by atoms with van der Waals surface area (Å²) >= 11 is 0. The van der Waals surface area contributed by atoms with Crippen LogP contribution in [0.3, 0.4) is 0 Å². The van der Waals surface area contributed by atoms with E-state index in [1.165, 1.54) is 6.21 Å². The third kappa shape index (κ3) is 5.94. The van der Waals surface area contributed by atoms with Crippen LogP contribution >= 0.6 is 0 Å². The topological polar surface area (TPSA) is 130 Å². The van der Waals surface area contributed by atoms with Gasteiger partial charge in [-0.05, 0) is 24.3 Å². The van der Waals surface area contributed by atoms with Gasteiger partial charge in [0.2, 0.25) is 0 Å². The van der Waals surface area contributed by atoms with Gasteiger partial charge in [0, 0.05) is 0 Å². The second kappa shape index (κ2) is 10.3. The Kier molecular flexibility index (Phi) is 7.72. The van der Waals surface area contributed by atoms with E-state index >= 15 is 0 Å². The van der Waals surface area contributed by atoms with Crippen LogP contribution in [0.15, 0.2) is 70.9 Å². The highest BCUT2D eigenvalue weighted by Crippen LogP contribution is 2.08. The summed E-state index contributed by atoms with van der Waals surface area (Å²) in [6.07, 6.45) is -3.47. The van der Waals surface area contributed by atoms with Crippen LogP contribution in [0, 0.1) is 0 Å². The molecule has 138 valence electrons. The van der Waals surface area contributed by atoms with Gasteiger partial charge in [-0.3, -0.25) is 10.9 Å². The Morgan fingerprint density at radius 3 is 1.96 bits per heavy atom. The first kappa shape index (κ1) is 19.5. The van der Waals surface area contributed by atoms with Crippen LogP contribution in [0.1, 0.15) is 0 Å². The highest BCUT2D eigenvalue weighted by atomic mass is 16.4. The molecule has 0 amide bonds. The fourth-order valence-corrected chi connectivity index (χ4v) is 1.99. The fraction of sp³-hybridized carbons (Fsp3) is 0.222. The average molecular weight is 358 g/mol. The van der Waals surface area contributed by atoms with Crippen LogP contribution in [0.4, 0.5) is 11.4 Å². The zero-order chi connectivity index (χ0) is 18.8. The lowest BCUT2D eigenvalue weighted by molar-refractivity contribution is -0.0548. The van der Waals surface area contributed by atoms with Crippen LogP contribution in [0.5, 0.6) is 0 Å². The largest absolute Gasteiger partial charge is 0.394 e.